The maximum absolute atomic E-state index is 13.5. The quantitative estimate of drug-likeness (QED) is 0.803. The van der Waals surface area contributed by atoms with E-state index in [1.807, 2.05) is 11.4 Å². The Morgan fingerprint density at radius 2 is 2.24 bits per heavy atom. The summed E-state index contributed by atoms with van der Waals surface area (Å²) in [5.41, 5.74) is -1.20. The lowest BCUT2D eigenvalue weighted by atomic mass is 10.1. The van der Waals surface area contributed by atoms with Gasteiger partial charge in [-0.2, -0.15) is 0 Å². The molecular weight excluding hydrogens is 315 g/mol. The first-order chi connectivity index (χ1) is 9.88. The van der Waals surface area contributed by atoms with Crippen molar-refractivity contribution in [2.24, 2.45) is 0 Å². The monoisotopic (exact) mass is 328 g/mol. The summed E-state index contributed by atoms with van der Waals surface area (Å²) < 4.78 is 13.5. The number of amides is 2. The molecule has 2 amide bonds. The molecule has 0 aliphatic rings. The summed E-state index contributed by atoms with van der Waals surface area (Å²) >= 11 is 7.13. The van der Waals surface area contributed by atoms with Crippen LogP contribution in [0.15, 0.2) is 35.7 Å². The highest BCUT2D eigenvalue weighted by molar-refractivity contribution is 7.10. The smallest absolute Gasteiger partial charge is 0.319 e. The SMILES string of the molecule is CC(O)(CNC(=O)Nc1cc(Cl)ccc1F)c1cccs1. The van der Waals surface area contributed by atoms with Gasteiger partial charge in [-0.25, -0.2) is 9.18 Å². The lowest BCUT2D eigenvalue weighted by Crippen LogP contribution is -2.40. The molecule has 112 valence electrons. The van der Waals surface area contributed by atoms with Gasteiger partial charge in [0.1, 0.15) is 11.4 Å². The second-order valence-electron chi connectivity index (χ2n) is 4.68. The van der Waals surface area contributed by atoms with Crippen molar-refractivity contribution < 1.29 is 14.3 Å². The largest absolute Gasteiger partial charge is 0.383 e. The normalized spacial score (nSPS) is 13.5. The minimum absolute atomic E-state index is 0.00152. The molecule has 0 aliphatic carbocycles. The minimum atomic E-state index is -1.18. The van der Waals surface area contributed by atoms with Crippen LogP contribution in [0.4, 0.5) is 14.9 Å². The van der Waals surface area contributed by atoms with E-state index in [1.165, 1.54) is 29.5 Å². The van der Waals surface area contributed by atoms with Crippen molar-refractivity contribution in [3.8, 4) is 0 Å². The summed E-state index contributed by atoms with van der Waals surface area (Å²) in [6, 6.07) is 6.85. The summed E-state index contributed by atoms with van der Waals surface area (Å²) in [5, 5.41) is 17.3. The van der Waals surface area contributed by atoms with Crippen LogP contribution in [0, 0.1) is 5.82 Å². The van der Waals surface area contributed by atoms with Crippen LogP contribution in [0.3, 0.4) is 0 Å². The number of carbonyl (C=O) groups excluding carboxylic acids is 1. The number of hydrogen-bond donors (Lipinski definition) is 3. The zero-order valence-electron chi connectivity index (χ0n) is 11.2. The highest BCUT2D eigenvalue weighted by atomic mass is 35.5. The fourth-order valence-corrected chi connectivity index (χ4v) is 2.64. The number of halogens is 2. The third kappa shape index (κ3) is 4.17. The van der Waals surface area contributed by atoms with Gasteiger partial charge in [0.15, 0.2) is 0 Å². The van der Waals surface area contributed by atoms with E-state index in [1.54, 1.807) is 13.0 Å². The number of nitrogens with one attached hydrogen (secondary N) is 2. The highest BCUT2D eigenvalue weighted by Crippen LogP contribution is 2.24. The molecule has 1 unspecified atom stereocenters. The molecule has 3 N–H and O–H groups in total. The molecule has 21 heavy (non-hydrogen) atoms. The second kappa shape index (κ2) is 6.43. The average molecular weight is 329 g/mol. The Labute approximate surface area is 130 Å². The third-order valence-corrected chi connectivity index (χ3v) is 4.18. The van der Waals surface area contributed by atoms with Gasteiger partial charge in [-0.05, 0) is 36.6 Å². The Kier molecular flexibility index (Phi) is 4.82. The van der Waals surface area contributed by atoms with Gasteiger partial charge in [0.2, 0.25) is 0 Å². The third-order valence-electron chi connectivity index (χ3n) is 2.82. The summed E-state index contributed by atoms with van der Waals surface area (Å²) in [7, 11) is 0. The number of rotatable bonds is 4. The minimum Gasteiger partial charge on any atom is -0.383 e. The van der Waals surface area contributed by atoms with Crippen LogP contribution in [0.5, 0.6) is 0 Å². The zero-order valence-corrected chi connectivity index (χ0v) is 12.8. The number of anilines is 1. The molecule has 4 nitrogen and oxygen atoms in total. The standard InChI is InChI=1S/C14H14ClFN2O2S/c1-14(20,12-3-2-6-21-12)8-17-13(19)18-11-7-9(15)4-5-10(11)16/h2-7,20H,8H2,1H3,(H2,17,18,19). The number of thiophene rings is 1. The molecule has 7 heteroatoms. The molecule has 1 aromatic carbocycles. The van der Waals surface area contributed by atoms with Gasteiger partial charge >= 0.3 is 6.03 Å². The summed E-state index contributed by atoms with van der Waals surface area (Å²) in [5.74, 6) is -0.584. The van der Waals surface area contributed by atoms with Crippen molar-refractivity contribution >= 4 is 34.7 Å². The maximum Gasteiger partial charge on any atom is 0.319 e. The average Bonchev–Trinajstić information content (AvgIpc) is 2.96. The number of benzene rings is 1. The van der Waals surface area contributed by atoms with Crippen LogP contribution in [-0.4, -0.2) is 17.7 Å². The number of hydrogen-bond acceptors (Lipinski definition) is 3. The van der Waals surface area contributed by atoms with E-state index < -0.39 is 17.4 Å². The molecular formula is C14H14ClFN2O2S. The van der Waals surface area contributed by atoms with Gasteiger partial charge in [-0.3, -0.25) is 0 Å². The second-order valence-corrected chi connectivity index (χ2v) is 6.07. The molecule has 1 atom stereocenters. The molecule has 1 aromatic heterocycles. The number of carbonyl (C=O) groups is 1. The Morgan fingerprint density at radius 1 is 1.48 bits per heavy atom. The molecule has 0 radical (unpaired) electrons. The van der Waals surface area contributed by atoms with Crippen LogP contribution in [-0.2, 0) is 5.60 Å². The first kappa shape index (κ1) is 15.8. The fraction of sp³-hybridized carbons (Fsp3) is 0.214. The molecule has 0 fully saturated rings. The highest BCUT2D eigenvalue weighted by Gasteiger charge is 2.24. The first-order valence-corrected chi connectivity index (χ1v) is 7.40. The van der Waals surface area contributed by atoms with E-state index in [2.05, 4.69) is 10.6 Å². The molecule has 0 aliphatic heterocycles. The Hall–Kier alpha value is -1.63. The first-order valence-electron chi connectivity index (χ1n) is 6.15. The van der Waals surface area contributed by atoms with Crippen LogP contribution in [0.25, 0.3) is 0 Å². The van der Waals surface area contributed by atoms with E-state index in [9.17, 15) is 14.3 Å². The molecule has 0 spiro atoms. The number of aliphatic hydroxyl groups is 1. The van der Waals surface area contributed by atoms with Crippen LogP contribution in [0.1, 0.15) is 11.8 Å². The van der Waals surface area contributed by atoms with Crippen LogP contribution in [0.2, 0.25) is 5.02 Å². The fourth-order valence-electron chi connectivity index (χ4n) is 1.68. The summed E-state index contributed by atoms with van der Waals surface area (Å²) in [6.45, 7) is 1.60. The van der Waals surface area contributed by atoms with Crippen LogP contribution < -0.4 is 10.6 Å². The van der Waals surface area contributed by atoms with Crippen molar-refractivity contribution in [2.75, 3.05) is 11.9 Å². The van der Waals surface area contributed by atoms with Crippen molar-refractivity contribution in [2.45, 2.75) is 12.5 Å². The predicted molar refractivity (Wildman–Crippen MR) is 82.3 cm³/mol. The number of urea groups is 1. The van der Waals surface area contributed by atoms with Crippen molar-refractivity contribution in [3.05, 3.63) is 51.4 Å². The Balaban J connectivity index is 1.95. The molecule has 2 aromatic rings. The van der Waals surface area contributed by atoms with E-state index in [-0.39, 0.29) is 12.2 Å². The molecule has 0 bridgehead atoms. The lowest BCUT2D eigenvalue weighted by molar-refractivity contribution is 0.0637. The lowest BCUT2D eigenvalue weighted by Gasteiger charge is -2.22. The van der Waals surface area contributed by atoms with Crippen molar-refractivity contribution in [1.82, 2.24) is 5.32 Å². The molecule has 0 saturated carbocycles. The maximum atomic E-state index is 13.5. The van der Waals surface area contributed by atoms with Crippen LogP contribution >= 0.6 is 22.9 Å². The topological polar surface area (TPSA) is 61.4 Å². The van der Waals surface area contributed by atoms with E-state index >= 15 is 0 Å². The van der Waals surface area contributed by atoms with Gasteiger partial charge in [0.05, 0.1) is 12.2 Å². The van der Waals surface area contributed by atoms with E-state index in [4.69, 9.17) is 11.6 Å². The predicted octanol–water partition coefficient (Wildman–Crippen LogP) is 3.57. The molecule has 1 heterocycles. The van der Waals surface area contributed by atoms with E-state index in [0.29, 0.717) is 5.02 Å². The van der Waals surface area contributed by atoms with E-state index in [0.717, 1.165) is 4.88 Å². The van der Waals surface area contributed by atoms with Gasteiger partial charge in [0.25, 0.3) is 0 Å². The Bertz CT molecular complexity index is 632. The molecule has 0 saturated heterocycles. The van der Waals surface area contributed by atoms with Gasteiger partial charge in [-0.1, -0.05) is 17.7 Å². The summed E-state index contributed by atoms with van der Waals surface area (Å²) in [6.07, 6.45) is 0. The molecule has 2 rings (SSSR count). The summed E-state index contributed by atoms with van der Waals surface area (Å²) in [4.78, 5) is 12.5. The van der Waals surface area contributed by atoms with Gasteiger partial charge in [-0.15, -0.1) is 11.3 Å². The van der Waals surface area contributed by atoms with Gasteiger partial charge < -0.3 is 15.7 Å². The Morgan fingerprint density at radius 3 is 2.90 bits per heavy atom. The van der Waals surface area contributed by atoms with Crippen molar-refractivity contribution in [3.63, 3.8) is 0 Å². The zero-order chi connectivity index (χ0) is 15.5. The van der Waals surface area contributed by atoms with Crippen molar-refractivity contribution in [1.29, 1.82) is 0 Å². The van der Waals surface area contributed by atoms with Gasteiger partial charge in [0, 0.05) is 9.90 Å².